The van der Waals surface area contributed by atoms with Gasteiger partial charge in [0.15, 0.2) is 11.5 Å². The van der Waals surface area contributed by atoms with Gasteiger partial charge in [-0.2, -0.15) is 5.10 Å². The van der Waals surface area contributed by atoms with Crippen molar-refractivity contribution < 1.29 is 19.4 Å². The number of aromatic carboxylic acids is 1. The molecule has 0 spiro atoms. The third-order valence-corrected chi connectivity index (χ3v) is 4.64. The fourth-order valence-corrected chi connectivity index (χ4v) is 2.99. The molecule has 1 heterocycles. The number of benzene rings is 2. The standard InChI is InChI=1S/C20H19N3O4S/c1-13-12-28-20(22-13)23-21-10-15-5-8-17(18(9-15)26-2)27-11-14-3-6-16(7-4-14)19(24)25/h3-10,12H,11H2,1-2H3,(H,22,23)(H,24,25). The first kappa shape index (κ1) is 19.4. The summed E-state index contributed by atoms with van der Waals surface area (Å²) < 4.78 is 11.2. The van der Waals surface area contributed by atoms with E-state index >= 15 is 0 Å². The van der Waals surface area contributed by atoms with Gasteiger partial charge in [0.05, 0.1) is 24.6 Å². The van der Waals surface area contributed by atoms with Crippen LogP contribution < -0.4 is 14.9 Å². The molecule has 0 unspecified atom stereocenters. The smallest absolute Gasteiger partial charge is 0.335 e. The molecule has 0 aliphatic carbocycles. The van der Waals surface area contributed by atoms with Crippen LogP contribution in [-0.2, 0) is 6.61 Å². The number of rotatable bonds is 8. The average Bonchev–Trinajstić information content (AvgIpc) is 3.12. The van der Waals surface area contributed by atoms with Crippen LogP contribution in [-0.4, -0.2) is 29.4 Å². The SMILES string of the molecule is COc1cc(C=NNc2nc(C)cs2)ccc1OCc1ccc(C(=O)O)cc1. The Morgan fingerprint density at radius 1 is 1.25 bits per heavy atom. The number of carboxylic acids is 1. The van der Waals surface area contributed by atoms with E-state index in [-0.39, 0.29) is 5.56 Å². The van der Waals surface area contributed by atoms with Crippen molar-refractivity contribution in [2.24, 2.45) is 5.10 Å². The quantitative estimate of drug-likeness (QED) is 0.437. The van der Waals surface area contributed by atoms with E-state index in [1.54, 1.807) is 43.7 Å². The largest absolute Gasteiger partial charge is 0.493 e. The highest BCUT2D eigenvalue weighted by Crippen LogP contribution is 2.28. The van der Waals surface area contributed by atoms with E-state index in [0.717, 1.165) is 22.0 Å². The number of anilines is 1. The fraction of sp³-hybridized carbons (Fsp3) is 0.150. The summed E-state index contributed by atoms with van der Waals surface area (Å²) in [6.07, 6.45) is 1.67. The predicted molar refractivity (Wildman–Crippen MR) is 109 cm³/mol. The molecule has 0 aliphatic rings. The minimum atomic E-state index is -0.953. The van der Waals surface area contributed by atoms with Gasteiger partial charge in [-0.1, -0.05) is 12.1 Å². The number of aryl methyl sites for hydroxylation is 1. The second kappa shape index (κ2) is 9.01. The summed E-state index contributed by atoms with van der Waals surface area (Å²) in [4.78, 5) is 15.2. The Kier molecular flexibility index (Phi) is 6.23. The number of thiazole rings is 1. The molecular weight excluding hydrogens is 378 g/mol. The molecule has 3 rings (SSSR count). The van der Waals surface area contributed by atoms with Crippen LogP contribution in [0.1, 0.15) is 27.2 Å². The Balaban J connectivity index is 1.63. The zero-order valence-electron chi connectivity index (χ0n) is 15.4. The van der Waals surface area contributed by atoms with Gasteiger partial charge in [0, 0.05) is 5.38 Å². The van der Waals surface area contributed by atoms with Gasteiger partial charge in [-0.3, -0.25) is 5.43 Å². The topological polar surface area (TPSA) is 93.0 Å². The molecule has 28 heavy (non-hydrogen) atoms. The molecule has 144 valence electrons. The van der Waals surface area contributed by atoms with Gasteiger partial charge in [-0.15, -0.1) is 11.3 Å². The molecule has 2 aromatic carbocycles. The number of nitrogens with zero attached hydrogens (tertiary/aromatic N) is 2. The average molecular weight is 397 g/mol. The van der Waals surface area contributed by atoms with Gasteiger partial charge in [0.2, 0.25) is 5.13 Å². The van der Waals surface area contributed by atoms with Crippen molar-refractivity contribution in [2.75, 3.05) is 12.5 Å². The highest BCUT2D eigenvalue weighted by atomic mass is 32.1. The zero-order chi connectivity index (χ0) is 19.9. The molecule has 0 aliphatic heterocycles. The van der Waals surface area contributed by atoms with Gasteiger partial charge >= 0.3 is 5.97 Å². The monoisotopic (exact) mass is 397 g/mol. The predicted octanol–water partition coefficient (Wildman–Crippen LogP) is 4.18. The molecule has 0 saturated heterocycles. The molecule has 1 aromatic heterocycles. The van der Waals surface area contributed by atoms with Crippen LogP contribution in [0.5, 0.6) is 11.5 Å². The first-order valence-electron chi connectivity index (χ1n) is 8.39. The van der Waals surface area contributed by atoms with Crippen molar-refractivity contribution in [1.29, 1.82) is 0 Å². The van der Waals surface area contributed by atoms with Crippen molar-refractivity contribution >= 4 is 28.7 Å². The maximum Gasteiger partial charge on any atom is 0.335 e. The summed E-state index contributed by atoms with van der Waals surface area (Å²) in [6.45, 7) is 2.23. The van der Waals surface area contributed by atoms with E-state index in [2.05, 4.69) is 15.5 Å². The summed E-state index contributed by atoms with van der Waals surface area (Å²) in [5.41, 5.74) is 5.78. The van der Waals surface area contributed by atoms with Crippen LogP contribution in [0.15, 0.2) is 52.9 Å². The molecule has 2 N–H and O–H groups in total. The van der Waals surface area contributed by atoms with Crippen LogP contribution in [0.25, 0.3) is 0 Å². The van der Waals surface area contributed by atoms with Gasteiger partial charge < -0.3 is 14.6 Å². The number of nitrogens with one attached hydrogen (secondary N) is 1. The van der Waals surface area contributed by atoms with Gasteiger partial charge in [0.25, 0.3) is 0 Å². The van der Waals surface area contributed by atoms with E-state index < -0.39 is 5.97 Å². The molecule has 0 radical (unpaired) electrons. The minimum Gasteiger partial charge on any atom is -0.493 e. The van der Waals surface area contributed by atoms with Crippen LogP contribution >= 0.6 is 11.3 Å². The van der Waals surface area contributed by atoms with Crippen molar-refractivity contribution in [1.82, 2.24) is 4.98 Å². The van der Waals surface area contributed by atoms with Crippen LogP contribution in [0.2, 0.25) is 0 Å². The van der Waals surface area contributed by atoms with Gasteiger partial charge in [-0.05, 0) is 48.4 Å². The minimum absolute atomic E-state index is 0.242. The normalized spacial score (nSPS) is 10.8. The summed E-state index contributed by atoms with van der Waals surface area (Å²) in [7, 11) is 1.57. The zero-order valence-corrected chi connectivity index (χ0v) is 16.2. The maximum atomic E-state index is 10.9. The molecule has 0 amide bonds. The number of hydrogen-bond donors (Lipinski definition) is 2. The Hall–Kier alpha value is -3.39. The van der Waals surface area contributed by atoms with Crippen molar-refractivity contribution in [3.05, 3.63) is 70.2 Å². The van der Waals surface area contributed by atoms with E-state index in [1.807, 2.05) is 24.4 Å². The van der Waals surface area contributed by atoms with Gasteiger partial charge in [-0.25, -0.2) is 9.78 Å². The van der Waals surface area contributed by atoms with Crippen LogP contribution in [0.4, 0.5) is 5.13 Å². The molecule has 0 fully saturated rings. The first-order chi connectivity index (χ1) is 13.5. The molecule has 8 heteroatoms. The lowest BCUT2D eigenvalue weighted by Crippen LogP contribution is -2.00. The number of hydrogen-bond acceptors (Lipinski definition) is 7. The third-order valence-electron chi connectivity index (χ3n) is 3.78. The van der Waals surface area contributed by atoms with Crippen molar-refractivity contribution in [2.45, 2.75) is 13.5 Å². The summed E-state index contributed by atoms with van der Waals surface area (Å²) >= 11 is 1.49. The third kappa shape index (κ3) is 5.08. The lowest BCUT2D eigenvalue weighted by Gasteiger charge is -2.11. The number of carbonyl (C=O) groups is 1. The number of methoxy groups -OCH3 is 1. The van der Waals surface area contributed by atoms with E-state index in [4.69, 9.17) is 14.6 Å². The Morgan fingerprint density at radius 3 is 2.68 bits per heavy atom. The van der Waals surface area contributed by atoms with E-state index in [9.17, 15) is 4.79 Å². The van der Waals surface area contributed by atoms with Crippen LogP contribution in [0, 0.1) is 6.92 Å². The van der Waals surface area contributed by atoms with E-state index in [1.165, 1.54) is 11.3 Å². The summed E-state index contributed by atoms with van der Waals surface area (Å²) in [6, 6.07) is 12.0. The molecule has 0 atom stereocenters. The molecule has 3 aromatic rings. The second-order valence-corrected chi connectivity index (χ2v) is 6.72. The Bertz CT molecular complexity index is 983. The highest BCUT2D eigenvalue weighted by molar-refractivity contribution is 7.13. The molecular formula is C20H19N3O4S. The van der Waals surface area contributed by atoms with Crippen LogP contribution in [0.3, 0.4) is 0 Å². The number of ether oxygens (including phenoxy) is 2. The first-order valence-corrected chi connectivity index (χ1v) is 9.27. The highest BCUT2D eigenvalue weighted by Gasteiger charge is 2.07. The Morgan fingerprint density at radius 2 is 2.04 bits per heavy atom. The maximum absolute atomic E-state index is 10.9. The lowest BCUT2D eigenvalue weighted by molar-refractivity contribution is 0.0697. The van der Waals surface area contributed by atoms with Gasteiger partial charge in [0.1, 0.15) is 6.61 Å². The molecule has 0 bridgehead atoms. The number of aromatic nitrogens is 1. The van der Waals surface area contributed by atoms with E-state index in [0.29, 0.717) is 18.1 Å². The molecule has 0 saturated carbocycles. The summed E-state index contributed by atoms with van der Waals surface area (Å²) in [5, 5.41) is 15.8. The van der Waals surface area contributed by atoms with Crippen molar-refractivity contribution in [3.8, 4) is 11.5 Å². The molecule has 7 nitrogen and oxygen atoms in total. The summed E-state index contributed by atoms with van der Waals surface area (Å²) in [5.74, 6) is 0.215. The fourth-order valence-electron chi connectivity index (χ4n) is 2.36. The second-order valence-electron chi connectivity index (χ2n) is 5.87. The Labute approximate surface area is 166 Å². The number of carboxylic acid groups (broad SMARTS) is 1. The lowest BCUT2D eigenvalue weighted by atomic mass is 10.1. The number of hydrazone groups is 1. The van der Waals surface area contributed by atoms with Crippen molar-refractivity contribution in [3.63, 3.8) is 0 Å².